The molecule has 0 spiro atoms. The lowest BCUT2D eigenvalue weighted by molar-refractivity contribution is -0.124. The Morgan fingerprint density at radius 1 is 1.11 bits per heavy atom. The highest BCUT2D eigenvalue weighted by molar-refractivity contribution is 7.90. The molecular weight excluding hydrogens is 366 g/mol. The third-order valence-electron chi connectivity index (χ3n) is 4.17. The quantitative estimate of drug-likeness (QED) is 0.735. The van der Waals surface area contributed by atoms with E-state index < -0.39 is 28.3 Å². The molecule has 0 saturated heterocycles. The van der Waals surface area contributed by atoms with Crippen LogP contribution in [0.2, 0.25) is 0 Å². The van der Waals surface area contributed by atoms with E-state index in [1.54, 1.807) is 6.92 Å². The van der Waals surface area contributed by atoms with Gasteiger partial charge in [0.2, 0.25) is 0 Å². The van der Waals surface area contributed by atoms with Gasteiger partial charge in [-0.1, -0.05) is 43.3 Å². The van der Waals surface area contributed by atoms with E-state index in [2.05, 4.69) is 5.32 Å². The number of rotatable bonds is 7. The molecule has 0 saturated carbocycles. The van der Waals surface area contributed by atoms with Crippen LogP contribution in [-0.2, 0) is 19.4 Å². The molecule has 0 radical (unpaired) electrons. The summed E-state index contributed by atoms with van der Waals surface area (Å²) < 4.78 is 28.3. The maximum absolute atomic E-state index is 12.2. The summed E-state index contributed by atoms with van der Waals surface area (Å²) in [5, 5.41) is 2.73. The molecule has 27 heavy (non-hydrogen) atoms. The Morgan fingerprint density at radius 2 is 1.78 bits per heavy atom. The molecule has 0 aliphatic carbocycles. The number of hydrogen-bond acceptors (Lipinski definition) is 5. The van der Waals surface area contributed by atoms with E-state index in [0.29, 0.717) is 12.1 Å². The van der Waals surface area contributed by atoms with Gasteiger partial charge in [0, 0.05) is 12.8 Å². The van der Waals surface area contributed by atoms with Crippen molar-refractivity contribution in [3.05, 3.63) is 65.2 Å². The zero-order chi connectivity index (χ0) is 20.0. The van der Waals surface area contributed by atoms with Gasteiger partial charge in [0.15, 0.2) is 16.4 Å². The first-order chi connectivity index (χ1) is 12.7. The fourth-order valence-electron chi connectivity index (χ4n) is 2.48. The highest BCUT2D eigenvalue weighted by atomic mass is 32.2. The van der Waals surface area contributed by atoms with Crippen LogP contribution in [0.1, 0.15) is 34.3 Å². The van der Waals surface area contributed by atoms with Gasteiger partial charge in [0.05, 0.1) is 10.5 Å². The summed E-state index contributed by atoms with van der Waals surface area (Å²) in [4.78, 5) is 24.2. The minimum Gasteiger partial charge on any atom is -0.452 e. The molecule has 6 nitrogen and oxygen atoms in total. The topological polar surface area (TPSA) is 89.5 Å². The first-order valence-electron chi connectivity index (χ1n) is 8.48. The molecule has 0 unspecified atom stereocenters. The van der Waals surface area contributed by atoms with Crippen LogP contribution in [0.4, 0.5) is 0 Å². The minimum atomic E-state index is -3.44. The molecule has 0 heterocycles. The van der Waals surface area contributed by atoms with Crippen LogP contribution in [-0.4, -0.2) is 39.7 Å². The van der Waals surface area contributed by atoms with E-state index in [9.17, 15) is 18.0 Å². The number of carbonyl (C=O) groups excluding carboxylic acids is 2. The van der Waals surface area contributed by atoms with Gasteiger partial charge in [-0.2, -0.15) is 0 Å². The number of nitrogens with one attached hydrogen (secondary N) is 1. The summed E-state index contributed by atoms with van der Waals surface area (Å²) in [5.41, 5.74) is 1.80. The molecule has 1 amide bonds. The standard InChI is InChI=1S/C20H23NO5S/c1-14-9-10-17(27(3,24)25)11-18(14)20(23)26-13-19(22)21-12-15(2)16-7-5-4-6-8-16/h4-11,15H,12-13H2,1-3H3,(H,21,22)/t15-/m1/s1. The second-order valence-corrected chi connectivity index (χ2v) is 8.46. The summed E-state index contributed by atoms with van der Waals surface area (Å²) in [6.45, 7) is 3.65. The molecule has 2 aromatic carbocycles. The van der Waals surface area contributed by atoms with Crippen LogP contribution >= 0.6 is 0 Å². The maximum Gasteiger partial charge on any atom is 0.338 e. The Bertz CT molecular complexity index is 923. The van der Waals surface area contributed by atoms with Crippen LogP contribution in [0.3, 0.4) is 0 Å². The average Bonchev–Trinajstić information content (AvgIpc) is 2.64. The van der Waals surface area contributed by atoms with Crippen molar-refractivity contribution in [2.24, 2.45) is 0 Å². The SMILES string of the molecule is Cc1ccc(S(C)(=O)=O)cc1C(=O)OCC(=O)NC[C@@H](C)c1ccccc1. The third-order valence-corrected chi connectivity index (χ3v) is 5.28. The molecule has 2 aromatic rings. The van der Waals surface area contributed by atoms with Gasteiger partial charge in [0.1, 0.15) is 0 Å². The number of ether oxygens (including phenoxy) is 1. The van der Waals surface area contributed by atoms with Crippen LogP contribution in [0.5, 0.6) is 0 Å². The normalized spacial score (nSPS) is 12.3. The molecule has 0 aliphatic rings. The molecule has 1 N–H and O–H groups in total. The first-order valence-corrected chi connectivity index (χ1v) is 10.4. The third kappa shape index (κ3) is 5.92. The molecule has 0 bridgehead atoms. The number of hydrogen-bond donors (Lipinski definition) is 1. The van der Waals surface area contributed by atoms with Crippen molar-refractivity contribution in [3.8, 4) is 0 Å². The van der Waals surface area contributed by atoms with Crippen LogP contribution in [0, 0.1) is 6.92 Å². The van der Waals surface area contributed by atoms with E-state index in [-0.39, 0.29) is 16.4 Å². The number of carbonyl (C=O) groups is 2. The molecule has 0 aliphatic heterocycles. The largest absolute Gasteiger partial charge is 0.452 e. The van der Waals surface area contributed by atoms with Gasteiger partial charge in [-0.3, -0.25) is 4.79 Å². The van der Waals surface area contributed by atoms with Crippen molar-refractivity contribution >= 4 is 21.7 Å². The zero-order valence-electron chi connectivity index (χ0n) is 15.6. The van der Waals surface area contributed by atoms with Crippen molar-refractivity contribution < 1.29 is 22.7 Å². The predicted molar refractivity (Wildman–Crippen MR) is 102 cm³/mol. The van der Waals surface area contributed by atoms with Crippen molar-refractivity contribution in [2.75, 3.05) is 19.4 Å². The molecule has 7 heteroatoms. The van der Waals surface area contributed by atoms with E-state index in [1.807, 2.05) is 37.3 Å². The van der Waals surface area contributed by atoms with E-state index in [4.69, 9.17) is 4.74 Å². The van der Waals surface area contributed by atoms with Crippen molar-refractivity contribution in [3.63, 3.8) is 0 Å². The number of esters is 1. The lowest BCUT2D eigenvalue weighted by atomic mass is 10.0. The maximum atomic E-state index is 12.2. The molecule has 1 atom stereocenters. The van der Waals surface area contributed by atoms with Gasteiger partial charge in [-0.05, 0) is 36.1 Å². The fraction of sp³-hybridized carbons (Fsp3) is 0.300. The predicted octanol–water partition coefficient (Wildman–Crippen LogP) is 2.48. The number of sulfone groups is 1. The average molecular weight is 389 g/mol. The number of amides is 1. The molecule has 2 rings (SSSR count). The Kier molecular flexibility index (Phi) is 6.74. The molecule has 0 aromatic heterocycles. The number of benzene rings is 2. The lowest BCUT2D eigenvalue weighted by Gasteiger charge is -2.13. The molecular formula is C20H23NO5S. The minimum absolute atomic E-state index is 0.0289. The summed E-state index contributed by atoms with van der Waals surface area (Å²) in [7, 11) is -3.44. The van der Waals surface area contributed by atoms with Gasteiger partial charge in [-0.25, -0.2) is 13.2 Å². The monoisotopic (exact) mass is 389 g/mol. The summed E-state index contributed by atoms with van der Waals surface area (Å²) >= 11 is 0. The van der Waals surface area contributed by atoms with Crippen molar-refractivity contribution in [2.45, 2.75) is 24.7 Å². The Morgan fingerprint density at radius 3 is 2.41 bits per heavy atom. The van der Waals surface area contributed by atoms with Gasteiger partial charge >= 0.3 is 5.97 Å². The summed E-state index contributed by atoms with van der Waals surface area (Å²) in [6, 6.07) is 14.0. The highest BCUT2D eigenvalue weighted by Crippen LogP contribution is 2.17. The van der Waals surface area contributed by atoms with E-state index >= 15 is 0 Å². The highest BCUT2D eigenvalue weighted by Gasteiger charge is 2.17. The second kappa shape index (κ2) is 8.81. The summed E-state index contributed by atoms with van der Waals surface area (Å²) in [6.07, 6.45) is 1.06. The van der Waals surface area contributed by atoms with Gasteiger partial charge in [0.25, 0.3) is 5.91 Å². The second-order valence-electron chi connectivity index (χ2n) is 6.44. The molecule has 144 valence electrons. The fourth-order valence-corrected chi connectivity index (χ4v) is 3.13. The van der Waals surface area contributed by atoms with Gasteiger partial charge in [-0.15, -0.1) is 0 Å². The smallest absolute Gasteiger partial charge is 0.338 e. The van der Waals surface area contributed by atoms with Crippen LogP contribution in [0.15, 0.2) is 53.4 Å². The van der Waals surface area contributed by atoms with Crippen molar-refractivity contribution in [1.82, 2.24) is 5.32 Å². The molecule has 0 fully saturated rings. The van der Waals surface area contributed by atoms with Crippen LogP contribution < -0.4 is 5.32 Å². The van der Waals surface area contributed by atoms with Crippen LogP contribution in [0.25, 0.3) is 0 Å². The summed E-state index contributed by atoms with van der Waals surface area (Å²) in [5.74, 6) is -1.02. The van der Waals surface area contributed by atoms with Gasteiger partial charge < -0.3 is 10.1 Å². The zero-order valence-corrected chi connectivity index (χ0v) is 16.4. The first kappa shape index (κ1) is 20.6. The Labute approximate surface area is 159 Å². The van der Waals surface area contributed by atoms with E-state index in [1.165, 1.54) is 18.2 Å². The lowest BCUT2D eigenvalue weighted by Crippen LogP contribution is -2.31. The Hall–Kier alpha value is -2.67. The number of aryl methyl sites for hydroxylation is 1. The van der Waals surface area contributed by atoms with Crippen molar-refractivity contribution in [1.29, 1.82) is 0 Å². The Balaban J connectivity index is 1.91. The van der Waals surface area contributed by atoms with E-state index in [0.717, 1.165) is 11.8 Å².